The lowest BCUT2D eigenvalue weighted by Gasteiger charge is -2.50. The van der Waals surface area contributed by atoms with Gasteiger partial charge in [0.15, 0.2) is 5.12 Å². The van der Waals surface area contributed by atoms with E-state index in [1.807, 2.05) is 0 Å². The number of hydrogen-bond donors (Lipinski definition) is 1. The van der Waals surface area contributed by atoms with Crippen LogP contribution in [0.3, 0.4) is 0 Å². The van der Waals surface area contributed by atoms with Gasteiger partial charge in [0.05, 0.1) is 16.9 Å². The highest BCUT2D eigenvalue weighted by molar-refractivity contribution is 8.19. The molecule has 0 aromatic carbocycles. The summed E-state index contributed by atoms with van der Waals surface area (Å²) < 4.78 is 5.46. The highest BCUT2D eigenvalue weighted by Crippen LogP contribution is 2.64. The van der Waals surface area contributed by atoms with Crippen LogP contribution in [0.2, 0.25) is 0 Å². The van der Waals surface area contributed by atoms with Crippen molar-refractivity contribution in [1.82, 2.24) is 5.32 Å². The van der Waals surface area contributed by atoms with Gasteiger partial charge in [-0.05, 0) is 76.7 Å². The number of rotatable bonds is 17. The Labute approximate surface area is 259 Å². The summed E-state index contributed by atoms with van der Waals surface area (Å²) in [6.07, 6.45) is 23.5. The van der Waals surface area contributed by atoms with E-state index >= 15 is 0 Å². The van der Waals surface area contributed by atoms with Crippen LogP contribution in [0.5, 0.6) is 0 Å². The second kappa shape index (κ2) is 16.9. The minimum Gasteiger partial charge on any atom is -0.468 e. The van der Waals surface area contributed by atoms with Gasteiger partial charge in [0, 0.05) is 21.5 Å². The molecule has 4 nitrogen and oxygen atoms in total. The molecular formula is C33H59NO3S3. The lowest BCUT2D eigenvalue weighted by molar-refractivity contribution is -0.137. The zero-order valence-corrected chi connectivity index (χ0v) is 28.8. The molecule has 5 atom stereocenters. The normalized spacial score (nSPS) is 28.4. The summed E-state index contributed by atoms with van der Waals surface area (Å²) in [5.41, 5.74) is 0. The first kappa shape index (κ1) is 34.6. The molecule has 3 aliphatic rings. The summed E-state index contributed by atoms with van der Waals surface area (Å²) in [5.74, 6) is 0.798. The molecule has 3 rings (SSSR count). The standard InChI is InChI=1S/C33H59NO3S3/c1-6-28(34-22-13-10-17-27-15-8-9-16-27)24-31(4,7-2)39-33-20-12-11-18-32(40-33,19-14-21-33)23-26(3)30(36)38-25-29(35)37-5/h26-28,34H,6-25H2,1-5H3/t26?,28-,31+,32?,33?/m1/s1. The van der Waals surface area contributed by atoms with Gasteiger partial charge in [0.25, 0.3) is 0 Å². The Bertz CT molecular complexity index is 791. The highest BCUT2D eigenvalue weighted by Gasteiger charge is 2.50. The Morgan fingerprint density at radius 1 is 1.05 bits per heavy atom. The third-order valence-electron chi connectivity index (χ3n) is 9.97. The molecule has 1 saturated carbocycles. The van der Waals surface area contributed by atoms with Crippen molar-refractivity contribution >= 4 is 46.4 Å². The third-order valence-corrected chi connectivity index (χ3v) is 15.1. The molecule has 3 unspecified atom stereocenters. The second-order valence-corrected chi connectivity index (χ2v) is 18.4. The van der Waals surface area contributed by atoms with E-state index in [0.29, 0.717) is 6.04 Å². The SMILES string of the molecule is CC[C@H](C[C@](C)(CC)SC12CCCCC(CC(C)C(=O)SCC(=O)OC)(CCC1)S2)NCCCCC1CCCC1. The first-order valence-corrected chi connectivity index (χ1v) is 19.1. The van der Waals surface area contributed by atoms with Gasteiger partial charge in [-0.25, -0.2) is 0 Å². The topological polar surface area (TPSA) is 55.4 Å². The molecule has 0 aromatic rings. The van der Waals surface area contributed by atoms with E-state index in [1.54, 1.807) is 0 Å². The molecule has 1 aliphatic carbocycles. The number of esters is 1. The second-order valence-electron chi connectivity index (χ2n) is 13.4. The number of nitrogens with one attached hydrogen (secondary N) is 1. The predicted octanol–water partition coefficient (Wildman–Crippen LogP) is 9.39. The largest absolute Gasteiger partial charge is 0.468 e. The molecule has 0 radical (unpaired) electrons. The van der Waals surface area contributed by atoms with Crippen molar-refractivity contribution < 1.29 is 14.3 Å². The fraction of sp³-hybridized carbons (Fsp3) is 0.939. The van der Waals surface area contributed by atoms with E-state index in [1.165, 1.54) is 123 Å². The fourth-order valence-corrected chi connectivity index (χ4v) is 13.4. The molecule has 0 spiro atoms. The maximum absolute atomic E-state index is 12.9. The van der Waals surface area contributed by atoms with Crippen LogP contribution in [-0.2, 0) is 14.3 Å². The van der Waals surface area contributed by atoms with Crippen LogP contribution in [0, 0.1) is 11.8 Å². The van der Waals surface area contributed by atoms with Gasteiger partial charge in [-0.2, -0.15) is 0 Å². The molecule has 2 saturated heterocycles. The van der Waals surface area contributed by atoms with Crippen molar-refractivity contribution in [2.75, 3.05) is 19.4 Å². The van der Waals surface area contributed by atoms with E-state index in [9.17, 15) is 9.59 Å². The summed E-state index contributed by atoms with van der Waals surface area (Å²) in [5, 5.41) is 4.11. The average molecular weight is 614 g/mol. The maximum atomic E-state index is 12.9. The molecular weight excluding hydrogens is 555 g/mol. The molecule has 2 bridgehead atoms. The Hall–Kier alpha value is 0.150. The Morgan fingerprint density at radius 3 is 2.45 bits per heavy atom. The summed E-state index contributed by atoms with van der Waals surface area (Å²) >= 11 is 5.72. The van der Waals surface area contributed by atoms with Gasteiger partial charge in [-0.1, -0.05) is 90.8 Å². The number of carbonyl (C=O) groups excluding carboxylic acids is 2. The minimum absolute atomic E-state index is 0.0269. The molecule has 7 heteroatoms. The van der Waals surface area contributed by atoms with Crippen molar-refractivity contribution in [2.24, 2.45) is 11.8 Å². The smallest absolute Gasteiger partial charge is 0.316 e. The number of methoxy groups -OCH3 is 1. The third kappa shape index (κ3) is 10.7. The minimum atomic E-state index is -0.316. The van der Waals surface area contributed by atoms with Gasteiger partial charge in [-0.3, -0.25) is 9.59 Å². The quantitative estimate of drug-likeness (QED) is 0.130. The summed E-state index contributed by atoms with van der Waals surface area (Å²) in [6, 6.07) is 0.592. The van der Waals surface area contributed by atoms with Crippen molar-refractivity contribution in [3.05, 3.63) is 0 Å². The van der Waals surface area contributed by atoms with E-state index in [2.05, 4.69) is 56.5 Å². The van der Waals surface area contributed by atoms with E-state index < -0.39 is 0 Å². The van der Waals surface area contributed by atoms with E-state index in [-0.39, 0.29) is 36.3 Å². The molecule has 40 heavy (non-hydrogen) atoms. The number of unbranched alkanes of at least 4 members (excludes halogenated alkanes) is 1. The predicted molar refractivity (Wildman–Crippen MR) is 177 cm³/mol. The van der Waals surface area contributed by atoms with Crippen molar-refractivity contribution in [3.8, 4) is 0 Å². The lowest BCUT2D eigenvalue weighted by atomic mass is 9.87. The van der Waals surface area contributed by atoms with Crippen LogP contribution in [0.1, 0.15) is 143 Å². The van der Waals surface area contributed by atoms with Gasteiger partial charge in [0.2, 0.25) is 0 Å². The van der Waals surface area contributed by atoms with Gasteiger partial charge < -0.3 is 10.1 Å². The Morgan fingerprint density at radius 2 is 1.75 bits per heavy atom. The lowest BCUT2D eigenvalue weighted by Crippen LogP contribution is -2.43. The van der Waals surface area contributed by atoms with Crippen LogP contribution >= 0.6 is 35.3 Å². The van der Waals surface area contributed by atoms with Crippen LogP contribution in [0.25, 0.3) is 0 Å². The molecule has 0 amide bonds. The zero-order valence-electron chi connectivity index (χ0n) is 26.3. The zero-order chi connectivity index (χ0) is 29.1. The van der Waals surface area contributed by atoms with Crippen LogP contribution in [-0.4, -0.2) is 50.1 Å². The molecule has 2 aliphatic heterocycles. The first-order chi connectivity index (χ1) is 19.2. The van der Waals surface area contributed by atoms with Crippen LogP contribution in [0.15, 0.2) is 0 Å². The highest BCUT2D eigenvalue weighted by atomic mass is 32.2. The number of carbonyl (C=O) groups is 2. The summed E-state index contributed by atoms with van der Waals surface area (Å²) in [7, 11) is 1.39. The summed E-state index contributed by atoms with van der Waals surface area (Å²) in [6.45, 7) is 10.5. The van der Waals surface area contributed by atoms with Crippen molar-refractivity contribution in [3.63, 3.8) is 0 Å². The molecule has 2 heterocycles. The molecule has 232 valence electrons. The van der Waals surface area contributed by atoms with Crippen molar-refractivity contribution in [1.29, 1.82) is 0 Å². The van der Waals surface area contributed by atoms with Gasteiger partial charge >= 0.3 is 5.97 Å². The molecule has 1 N–H and O–H groups in total. The molecule has 3 fully saturated rings. The van der Waals surface area contributed by atoms with Gasteiger partial charge in [-0.15, -0.1) is 23.5 Å². The molecule has 0 aromatic heterocycles. The number of thioether (sulfide) groups is 3. The maximum Gasteiger partial charge on any atom is 0.316 e. The average Bonchev–Trinajstić information content (AvgIpc) is 3.42. The van der Waals surface area contributed by atoms with Crippen LogP contribution < -0.4 is 5.32 Å². The number of ether oxygens (including phenoxy) is 1. The van der Waals surface area contributed by atoms with Gasteiger partial charge in [0.1, 0.15) is 0 Å². The number of hydrogen-bond acceptors (Lipinski definition) is 7. The van der Waals surface area contributed by atoms with E-state index in [0.717, 1.165) is 24.1 Å². The van der Waals surface area contributed by atoms with E-state index in [4.69, 9.17) is 4.74 Å². The fourth-order valence-electron chi connectivity index (χ4n) is 7.46. The van der Waals surface area contributed by atoms with Crippen molar-refractivity contribution in [2.45, 2.75) is 163 Å². The Kier molecular flexibility index (Phi) is 14.6. The first-order valence-electron chi connectivity index (χ1n) is 16.5. The number of fused-ring (bicyclic) bond motifs is 2. The summed E-state index contributed by atoms with van der Waals surface area (Å²) in [4.78, 5) is 24.5. The van der Waals surface area contributed by atoms with Crippen LogP contribution in [0.4, 0.5) is 0 Å². The Balaban J connectivity index is 1.57. The monoisotopic (exact) mass is 613 g/mol.